The molecule has 2 N–H and O–H groups in total. The summed E-state index contributed by atoms with van der Waals surface area (Å²) in [5.41, 5.74) is 6.61. The van der Waals surface area contributed by atoms with Crippen molar-refractivity contribution in [1.29, 1.82) is 0 Å². The second-order valence-electron chi connectivity index (χ2n) is 6.86. The minimum absolute atomic E-state index is 0.324. The Hall–Kier alpha value is -3.18. The lowest BCUT2D eigenvalue weighted by Gasteiger charge is -2.17. The van der Waals surface area contributed by atoms with Crippen LogP contribution >= 0.6 is 0 Å². The molecule has 142 valence electrons. The Balaban J connectivity index is 1.59. The summed E-state index contributed by atoms with van der Waals surface area (Å²) in [4.78, 5) is 8.85. The molecule has 1 heterocycles. The lowest BCUT2D eigenvalue weighted by atomic mass is 9.92. The zero-order valence-corrected chi connectivity index (χ0v) is 15.6. The van der Waals surface area contributed by atoms with Crippen LogP contribution in [0.4, 0.5) is 0 Å². The van der Waals surface area contributed by atoms with Crippen molar-refractivity contribution in [2.75, 3.05) is 0 Å². The first-order chi connectivity index (χ1) is 13.8. The minimum Gasteiger partial charge on any atom is -0.438 e. The Labute approximate surface area is 164 Å². The number of ether oxygens (including phenoxy) is 1. The number of pyridine rings is 1. The highest BCUT2D eigenvalue weighted by Crippen LogP contribution is 2.29. The van der Waals surface area contributed by atoms with Gasteiger partial charge in [0.1, 0.15) is 5.75 Å². The van der Waals surface area contributed by atoms with Gasteiger partial charge in [0.15, 0.2) is 5.84 Å². The smallest absolute Gasteiger partial charge is 0.230 e. The first-order valence-electron chi connectivity index (χ1n) is 9.57. The van der Waals surface area contributed by atoms with Crippen molar-refractivity contribution < 1.29 is 9.94 Å². The Morgan fingerprint density at radius 3 is 2.64 bits per heavy atom. The first-order valence-corrected chi connectivity index (χ1v) is 9.57. The summed E-state index contributed by atoms with van der Waals surface area (Å²) in [7, 11) is 0. The molecule has 5 nitrogen and oxygen atoms in total. The van der Waals surface area contributed by atoms with E-state index in [0.717, 1.165) is 24.2 Å². The zero-order valence-electron chi connectivity index (χ0n) is 15.6. The van der Waals surface area contributed by atoms with Crippen molar-refractivity contribution in [2.24, 2.45) is 4.99 Å². The first kappa shape index (κ1) is 18.2. The molecule has 0 spiro atoms. The second kappa shape index (κ2) is 8.67. The number of hydrogen-bond acceptors (Lipinski definition) is 4. The third kappa shape index (κ3) is 4.21. The maximum Gasteiger partial charge on any atom is 0.230 e. The molecule has 0 aliphatic heterocycles. The molecular weight excluding hydrogens is 350 g/mol. The fourth-order valence-corrected chi connectivity index (χ4v) is 3.47. The van der Waals surface area contributed by atoms with Gasteiger partial charge in [0, 0.05) is 6.20 Å². The molecule has 0 saturated carbocycles. The van der Waals surface area contributed by atoms with Crippen LogP contribution in [-0.4, -0.2) is 16.0 Å². The molecule has 28 heavy (non-hydrogen) atoms. The number of fused-ring (bicyclic) bond motifs is 1. The molecule has 0 radical (unpaired) electrons. The molecule has 0 saturated heterocycles. The minimum atomic E-state index is 0.324. The number of aryl methyl sites for hydroxylation is 2. The van der Waals surface area contributed by atoms with Crippen LogP contribution in [0.1, 0.15) is 35.1 Å². The Kier molecular flexibility index (Phi) is 5.64. The van der Waals surface area contributed by atoms with E-state index < -0.39 is 0 Å². The molecule has 0 fully saturated rings. The highest BCUT2D eigenvalue weighted by atomic mass is 16.5. The summed E-state index contributed by atoms with van der Waals surface area (Å²) in [6.07, 6.45) is 6.36. The standard InChI is InChI=1S/C23H23N3O2/c27-26-22(25-16-17-7-2-1-3-8-17)21-11-6-14-24-23(21)28-20-13-12-18-9-4-5-10-19(18)15-20/h1-3,6-8,11-15,27H,4-5,9-10,16H2,(H,25,26). The van der Waals surface area contributed by atoms with Crippen LogP contribution in [-0.2, 0) is 19.4 Å². The van der Waals surface area contributed by atoms with E-state index >= 15 is 0 Å². The molecule has 1 aliphatic rings. The van der Waals surface area contributed by atoms with E-state index in [1.165, 1.54) is 24.0 Å². The average Bonchev–Trinajstić information content (AvgIpc) is 2.76. The van der Waals surface area contributed by atoms with E-state index in [0.29, 0.717) is 23.8 Å². The Bertz CT molecular complexity index is 971. The molecule has 3 aromatic rings. The van der Waals surface area contributed by atoms with Crippen molar-refractivity contribution in [3.8, 4) is 11.6 Å². The summed E-state index contributed by atoms with van der Waals surface area (Å²) < 4.78 is 6.07. The van der Waals surface area contributed by atoms with Crippen molar-refractivity contribution in [3.63, 3.8) is 0 Å². The van der Waals surface area contributed by atoms with Crippen molar-refractivity contribution in [1.82, 2.24) is 10.5 Å². The fraction of sp³-hybridized carbons (Fsp3) is 0.217. The number of nitrogens with one attached hydrogen (secondary N) is 1. The number of aliphatic imine (C=N–C) groups is 1. The van der Waals surface area contributed by atoms with E-state index in [-0.39, 0.29) is 0 Å². The van der Waals surface area contributed by atoms with Crippen molar-refractivity contribution in [2.45, 2.75) is 32.2 Å². The highest BCUT2D eigenvalue weighted by Gasteiger charge is 2.14. The number of benzene rings is 2. The number of hydroxylamine groups is 1. The molecular formula is C23H23N3O2. The molecule has 0 amide bonds. The van der Waals surface area contributed by atoms with Crippen LogP contribution in [0.5, 0.6) is 11.6 Å². The summed E-state index contributed by atoms with van der Waals surface area (Å²) in [6.45, 7) is 0.441. The third-order valence-corrected chi connectivity index (χ3v) is 4.93. The summed E-state index contributed by atoms with van der Waals surface area (Å²) in [6, 6.07) is 19.7. The normalized spacial score (nSPS) is 13.7. The van der Waals surface area contributed by atoms with Crippen molar-refractivity contribution >= 4 is 5.84 Å². The van der Waals surface area contributed by atoms with Crippen LogP contribution in [0.15, 0.2) is 71.9 Å². The molecule has 2 aromatic carbocycles. The SMILES string of the molecule is ONC(=NCc1ccccc1)c1cccnc1Oc1ccc2c(c1)CCCC2. The summed E-state index contributed by atoms with van der Waals surface area (Å²) >= 11 is 0. The van der Waals surface area contributed by atoms with Gasteiger partial charge in [-0.05, 0) is 66.6 Å². The van der Waals surface area contributed by atoms with Gasteiger partial charge in [-0.1, -0.05) is 36.4 Å². The number of aromatic nitrogens is 1. The summed E-state index contributed by atoms with van der Waals surface area (Å²) in [5.74, 6) is 1.48. The van der Waals surface area contributed by atoms with Crippen LogP contribution in [0.2, 0.25) is 0 Å². The quantitative estimate of drug-likeness (QED) is 0.387. The van der Waals surface area contributed by atoms with Crippen LogP contribution in [0.3, 0.4) is 0 Å². The van der Waals surface area contributed by atoms with E-state index in [4.69, 9.17) is 4.74 Å². The van der Waals surface area contributed by atoms with Gasteiger partial charge in [0.25, 0.3) is 0 Å². The fourth-order valence-electron chi connectivity index (χ4n) is 3.47. The predicted octanol–water partition coefficient (Wildman–Crippen LogP) is 4.68. The topological polar surface area (TPSA) is 66.7 Å². The average molecular weight is 373 g/mol. The lowest BCUT2D eigenvalue weighted by Crippen LogP contribution is -2.21. The number of rotatable bonds is 5. The zero-order chi connectivity index (χ0) is 19.2. The van der Waals surface area contributed by atoms with Gasteiger partial charge in [-0.15, -0.1) is 0 Å². The van der Waals surface area contributed by atoms with Gasteiger partial charge in [0.05, 0.1) is 12.1 Å². The molecule has 5 heteroatoms. The monoisotopic (exact) mass is 373 g/mol. The highest BCUT2D eigenvalue weighted by molar-refractivity contribution is 6.00. The predicted molar refractivity (Wildman–Crippen MR) is 109 cm³/mol. The van der Waals surface area contributed by atoms with E-state index in [1.807, 2.05) is 42.5 Å². The van der Waals surface area contributed by atoms with Crippen molar-refractivity contribution in [3.05, 3.63) is 89.1 Å². The van der Waals surface area contributed by atoms with Gasteiger partial charge >= 0.3 is 0 Å². The van der Waals surface area contributed by atoms with Gasteiger partial charge in [0.2, 0.25) is 5.88 Å². The third-order valence-electron chi connectivity index (χ3n) is 4.93. The van der Waals surface area contributed by atoms with Crippen LogP contribution in [0, 0.1) is 0 Å². The van der Waals surface area contributed by atoms with Gasteiger partial charge in [-0.2, -0.15) is 0 Å². The van der Waals surface area contributed by atoms with Gasteiger partial charge < -0.3 is 4.74 Å². The molecule has 4 rings (SSSR count). The molecule has 1 aliphatic carbocycles. The summed E-state index contributed by atoms with van der Waals surface area (Å²) in [5, 5.41) is 9.64. The van der Waals surface area contributed by atoms with E-state index in [1.54, 1.807) is 12.3 Å². The Morgan fingerprint density at radius 2 is 1.82 bits per heavy atom. The maximum atomic E-state index is 9.64. The molecule has 0 unspecified atom stereocenters. The second-order valence-corrected chi connectivity index (χ2v) is 6.86. The number of amidine groups is 1. The Morgan fingerprint density at radius 1 is 1.00 bits per heavy atom. The van der Waals surface area contributed by atoms with Gasteiger partial charge in [-0.25, -0.2) is 4.98 Å². The lowest BCUT2D eigenvalue weighted by molar-refractivity contribution is 0.234. The number of hydrogen-bond donors (Lipinski definition) is 2. The molecule has 1 aromatic heterocycles. The van der Waals surface area contributed by atoms with Crippen LogP contribution < -0.4 is 10.2 Å². The number of nitrogens with zero attached hydrogens (tertiary/aromatic N) is 2. The van der Waals surface area contributed by atoms with Crippen LogP contribution in [0.25, 0.3) is 0 Å². The molecule has 0 atom stereocenters. The van der Waals surface area contributed by atoms with E-state index in [2.05, 4.69) is 27.6 Å². The maximum absolute atomic E-state index is 9.64. The molecule has 0 bridgehead atoms. The van der Waals surface area contributed by atoms with Gasteiger partial charge in [-0.3, -0.25) is 15.7 Å². The van der Waals surface area contributed by atoms with E-state index in [9.17, 15) is 5.21 Å². The largest absolute Gasteiger partial charge is 0.438 e.